The van der Waals surface area contributed by atoms with Gasteiger partial charge in [0.1, 0.15) is 12.4 Å². The standard InChI is InChI=1S/C24H23ClN2O4/c1-17(31-21-11-9-20(25)10-12-21)24(28)27-26-15-19-8-13-22(23(14-19)29-2)30-16-18-6-4-3-5-7-18/h3-15,17H,16H2,1-2H3,(H,27,28)/b26-15+. The van der Waals surface area contributed by atoms with E-state index < -0.39 is 6.10 Å². The smallest absolute Gasteiger partial charge is 0.280 e. The van der Waals surface area contributed by atoms with Gasteiger partial charge in [-0.15, -0.1) is 0 Å². The van der Waals surface area contributed by atoms with E-state index >= 15 is 0 Å². The minimum Gasteiger partial charge on any atom is -0.493 e. The summed E-state index contributed by atoms with van der Waals surface area (Å²) >= 11 is 5.84. The number of methoxy groups -OCH3 is 1. The molecule has 3 aromatic rings. The zero-order valence-corrected chi connectivity index (χ0v) is 18.0. The van der Waals surface area contributed by atoms with Crippen LogP contribution >= 0.6 is 11.6 Å². The fourth-order valence-corrected chi connectivity index (χ4v) is 2.78. The number of rotatable bonds is 9. The van der Waals surface area contributed by atoms with Gasteiger partial charge in [0.2, 0.25) is 0 Å². The van der Waals surface area contributed by atoms with Crippen LogP contribution in [0.3, 0.4) is 0 Å². The Bertz CT molecular complexity index is 1020. The first-order valence-corrected chi connectivity index (χ1v) is 10.0. The van der Waals surface area contributed by atoms with E-state index in [-0.39, 0.29) is 5.91 Å². The molecule has 3 aromatic carbocycles. The van der Waals surface area contributed by atoms with E-state index in [2.05, 4.69) is 10.5 Å². The summed E-state index contributed by atoms with van der Waals surface area (Å²) in [6, 6.07) is 22.1. The van der Waals surface area contributed by atoms with Gasteiger partial charge in [-0.25, -0.2) is 5.43 Å². The maximum absolute atomic E-state index is 12.2. The van der Waals surface area contributed by atoms with E-state index in [9.17, 15) is 4.79 Å². The lowest BCUT2D eigenvalue weighted by Gasteiger charge is -2.13. The number of hydrogen-bond acceptors (Lipinski definition) is 5. The summed E-state index contributed by atoms with van der Waals surface area (Å²) in [7, 11) is 1.57. The number of nitrogens with one attached hydrogen (secondary N) is 1. The van der Waals surface area contributed by atoms with Gasteiger partial charge in [-0.2, -0.15) is 5.10 Å². The number of hydrogen-bond donors (Lipinski definition) is 1. The van der Waals surface area contributed by atoms with E-state index in [0.717, 1.165) is 11.1 Å². The molecule has 0 aliphatic carbocycles. The largest absolute Gasteiger partial charge is 0.493 e. The van der Waals surface area contributed by atoms with Crippen LogP contribution in [0.2, 0.25) is 5.02 Å². The Kier molecular flexibility index (Phi) is 7.90. The number of amides is 1. The molecule has 1 N–H and O–H groups in total. The van der Waals surface area contributed by atoms with E-state index in [1.807, 2.05) is 36.4 Å². The number of nitrogens with zero attached hydrogens (tertiary/aromatic N) is 1. The van der Waals surface area contributed by atoms with Gasteiger partial charge in [-0.05, 0) is 60.5 Å². The van der Waals surface area contributed by atoms with Crippen molar-refractivity contribution in [3.05, 3.63) is 88.9 Å². The molecule has 1 unspecified atom stereocenters. The maximum Gasteiger partial charge on any atom is 0.280 e. The molecule has 0 aromatic heterocycles. The van der Waals surface area contributed by atoms with Crippen molar-refractivity contribution in [3.8, 4) is 17.2 Å². The Morgan fingerprint density at radius 1 is 1.06 bits per heavy atom. The summed E-state index contributed by atoms with van der Waals surface area (Å²) in [6.45, 7) is 2.08. The summed E-state index contributed by atoms with van der Waals surface area (Å²) in [5.74, 6) is 1.37. The highest BCUT2D eigenvalue weighted by Crippen LogP contribution is 2.28. The maximum atomic E-state index is 12.2. The molecule has 7 heteroatoms. The highest BCUT2D eigenvalue weighted by molar-refractivity contribution is 6.30. The second-order valence-electron chi connectivity index (χ2n) is 6.63. The fraction of sp³-hybridized carbons (Fsp3) is 0.167. The average Bonchev–Trinajstić information content (AvgIpc) is 2.80. The lowest BCUT2D eigenvalue weighted by atomic mass is 10.2. The van der Waals surface area contributed by atoms with Crippen LogP contribution in [-0.2, 0) is 11.4 Å². The first-order valence-electron chi connectivity index (χ1n) is 9.65. The van der Waals surface area contributed by atoms with Crippen LogP contribution < -0.4 is 19.6 Å². The van der Waals surface area contributed by atoms with Gasteiger partial charge >= 0.3 is 0 Å². The van der Waals surface area contributed by atoms with E-state index in [1.165, 1.54) is 6.21 Å². The van der Waals surface area contributed by atoms with Gasteiger partial charge in [0, 0.05) is 5.02 Å². The number of carbonyl (C=O) groups excluding carboxylic acids is 1. The summed E-state index contributed by atoms with van der Waals surface area (Å²) < 4.78 is 16.8. The van der Waals surface area contributed by atoms with Crippen molar-refractivity contribution in [2.75, 3.05) is 7.11 Å². The molecule has 0 fully saturated rings. The molecule has 0 aliphatic rings. The molecular weight excluding hydrogens is 416 g/mol. The number of carbonyl (C=O) groups is 1. The number of benzene rings is 3. The van der Waals surface area contributed by atoms with Crippen molar-refractivity contribution in [1.29, 1.82) is 0 Å². The second kappa shape index (κ2) is 11.0. The quantitative estimate of drug-likeness (QED) is 0.383. The Morgan fingerprint density at radius 3 is 2.52 bits per heavy atom. The van der Waals surface area contributed by atoms with Crippen molar-refractivity contribution < 1.29 is 19.0 Å². The van der Waals surface area contributed by atoms with Crippen LogP contribution in [0.25, 0.3) is 0 Å². The van der Waals surface area contributed by atoms with Gasteiger partial charge in [0.05, 0.1) is 13.3 Å². The molecule has 1 amide bonds. The topological polar surface area (TPSA) is 69.2 Å². The predicted octanol–water partition coefficient (Wildman–Crippen LogP) is 4.85. The molecule has 6 nitrogen and oxygen atoms in total. The zero-order valence-electron chi connectivity index (χ0n) is 17.2. The molecule has 0 radical (unpaired) electrons. The van der Waals surface area contributed by atoms with Gasteiger partial charge < -0.3 is 14.2 Å². The normalized spacial score (nSPS) is 11.7. The lowest BCUT2D eigenvalue weighted by Crippen LogP contribution is -2.33. The fourth-order valence-electron chi connectivity index (χ4n) is 2.65. The van der Waals surface area contributed by atoms with Crippen LogP contribution in [0.4, 0.5) is 0 Å². The third-order valence-electron chi connectivity index (χ3n) is 4.31. The third kappa shape index (κ3) is 6.76. The van der Waals surface area contributed by atoms with Crippen molar-refractivity contribution in [1.82, 2.24) is 5.43 Å². The first-order chi connectivity index (χ1) is 15.0. The van der Waals surface area contributed by atoms with Gasteiger partial charge in [-0.3, -0.25) is 4.79 Å². The van der Waals surface area contributed by atoms with Crippen LogP contribution in [-0.4, -0.2) is 25.3 Å². The summed E-state index contributed by atoms with van der Waals surface area (Å²) in [5.41, 5.74) is 4.28. The van der Waals surface area contributed by atoms with Crippen molar-refractivity contribution in [3.63, 3.8) is 0 Å². The van der Waals surface area contributed by atoms with Crippen molar-refractivity contribution in [2.45, 2.75) is 19.6 Å². The van der Waals surface area contributed by atoms with Crippen LogP contribution in [0.1, 0.15) is 18.1 Å². The van der Waals surface area contributed by atoms with Crippen molar-refractivity contribution in [2.24, 2.45) is 5.10 Å². The molecule has 1 atom stereocenters. The molecular formula is C24H23ClN2O4. The number of hydrazone groups is 1. The second-order valence-corrected chi connectivity index (χ2v) is 7.07. The minimum absolute atomic E-state index is 0.374. The summed E-state index contributed by atoms with van der Waals surface area (Å²) in [5, 5.41) is 4.59. The molecule has 0 heterocycles. The van der Waals surface area contributed by atoms with Gasteiger partial charge in [0.25, 0.3) is 5.91 Å². The molecule has 31 heavy (non-hydrogen) atoms. The molecule has 0 aliphatic heterocycles. The summed E-state index contributed by atoms with van der Waals surface area (Å²) in [6.07, 6.45) is 0.803. The predicted molar refractivity (Wildman–Crippen MR) is 121 cm³/mol. The number of ether oxygens (including phenoxy) is 3. The Labute approximate surface area is 186 Å². The highest BCUT2D eigenvalue weighted by atomic mass is 35.5. The van der Waals surface area contributed by atoms with Crippen LogP contribution in [0.15, 0.2) is 77.9 Å². The first kappa shape index (κ1) is 22.2. The highest BCUT2D eigenvalue weighted by Gasteiger charge is 2.14. The van der Waals surface area contributed by atoms with Crippen LogP contribution in [0, 0.1) is 0 Å². The van der Waals surface area contributed by atoms with E-state index in [4.69, 9.17) is 25.8 Å². The lowest BCUT2D eigenvalue weighted by molar-refractivity contribution is -0.127. The van der Waals surface area contributed by atoms with Crippen molar-refractivity contribution >= 4 is 23.7 Å². The SMILES string of the molecule is COc1cc(/C=N/NC(=O)C(C)Oc2ccc(Cl)cc2)ccc1OCc1ccccc1. The van der Waals surface area contributed by atoms with E-state index in [0.29, 0.717) is 28.9 Å². The molecule has 0 bridgehead atoms. The Hall–Kier alpha value is -3.51. The van der Waals surface area contributed by atoms with E-state index in [1.54, 1.807) is 50.4 Å². The van der Waals surface area contributed by atoms with Crippen LogP contribution in [0.5, 0.6) is 17.2 Å². The zero-order chi connectivity index (χ0) is 22.1. The molecule has 3 rings (SSSR count). The molecule has 0 saturated carbocycles. The van der Waals surface area contributed by atoms with Gasteiger partial charge in [0.15, 0.2) is 17.6 Å². The number of halogens is 1. The molecule has 0 spiro atoms. The Balaban J connectivity index is 1.54. The van der Waals surface area contributed by atoms with Gasteiger partial charge in [-0.1, -0.05) is 41.9 Å². The Morgan fingerprint density at radius 2 is 1.81 bits per heavy atom. The molecule has 0 saturated heterocycles. The molecule has 160 valence electrons. The minimum atomic E-state index is -0.721. The monoisotopic (exact) mass is 438 g/mol. The summed E-state index contributed by atoms with van der Waals surface area (Å²) in [4.78, 5) is 12.2. The average molecular weight is 439 g/mol. The third-order valence-corrected chi connectivity index (χ3v) is 4.56.